The number of amides is 3. The fourth-order valence-corrected chi connectivity index (χ4v) is 3.27. The molecular weight excluding hydrogens is 370 g/mol. The lowest BCUT2D eigenvalue weighted by Crippen LogP contribution is -2.44. The molecule has 1 aromatic carbocycles. The minimum atomic E-state index is -0.536. The van der Waals surface area contributed by atoms with E-state index in [2.05, 4.69) is 15.5 Å². The Morgan fingerprint density at radius 3 is 2.85 bits per heavy atom. The van der Waals surface area contributed by atoms with Gasteiger partial charge in [0.25, 0.3) is 0 Å². The number of carbonyl (C=O) groups is 2. The van der Waals surface area contributed by atoms with E-state index in [1.54, 1.807) is 12.1 Å². The number of benzene rings is 1. The van der Waals surface area contributed by atoms with Gasteiger partial charge in [0.2, 0.25) is 17.6 Å². The summed E-state index contributed by atoms with van der Waals surface area (Å²) in [4.78, 5) is 29.5. The summed E-state index contributed by atoms with van der Waals surface area (Å²) in [5, 5.41) is 7.20. The molecule has 27 heavy (non-hydrogen) atoms. The number of piperidine rings is 1. The van der Waals surface area contributed by atoms with Gasteiger partial charge in [-0.3, -0.25) is 4.79 Å². The average Bonchev–Trinajstić information content (AvgIpc) is 3.14. The highest BCUT2D eigenvalue weighted by molar-refractivity contribution is 6.30. The van der Waals surface area contributed by atoms with Crippen molar-refractivity contribution in [2.75, 3.05) is 19.6 Å². The van der Waals surface area contributed by atoms with Crippen LogP contribution in [0, 0.1) is 5.92 Å². The Morgan fingerprint density at radius 2 is 2.11 bits per heavy atom. The van der Waals surface area contributed by atoms with Crippen molar-refractivity contribution in [3.8, 4) is 11.4 Å². The van der Waals surface area contributed by atoms with Crippen molar-refractivity contribution in [2.24, 2.45) is 11.7 Å². The van der Waals surface area contributed by atoms with Gasteiger partial charge in [-0.25, -0.2) is 4.79 Å². The first-order valence-corrected chi connectivity index (χ1v) is 9.28. The molecule has 1 fully saturated rings. The molecule has 1 atom stereocenters. The summed E-state index contributed by atoms with van der Waals surface area (Å²) >= 11 is 5.87. The second-order valence-corrected chi connectivity index (χ2v) is 7.05. The van der Waals surface area contributed by atoms with Crippen molar-refractivity contribution in [1.82, 2.24) is 20.4 Å². The second-order valence-electron chi connectivity index (χ2n) is 6.61. The van der Waals surface area contributed by atoms with E-state index in [1.807, 2.05) is 17.0 Å². The van der Waals surface area contributed by atoms with Crippen LogP contribution in [0.25, 0.3) is 11.4 Å². The number of primary amides is 1. The Balaban J connectivity index is 1.50. The summed E-state index contributed by atoms with van der Waals surface area (Å²) in [6.07, 6.45) is 2.58. The van der Waals surface area contributed by atoms with Crippen molar-refractivity contribution in [3.05, 3.63) is 35.2 Å². The number of aromatic nitrogens is 2. The number of likely N-dealkylation sites (tertiary alicyclic amines) is 1. The smallest absolute Gasteiger partial charge is 0.312 e. The molecule has 3 N–H and O–H groups in total. The molecule has 1 saturated heterocycles. The molecule has 2 aromatic rings. The fraction of sp³-hybridized carbons (Fsp3) is 0.444. The average molecular weight is 392 g/mol. The van der Waals surface area contributed by atoms with Crippen LogP contribution < -0.4 is 11.1 Å². The summed E-state index contributed by atoms with van der Waals surface area (Å²) in [5.74, 6) is 1.18. The molecule has 0 spiro atoms. The largest absolute Gasteiger partial charge is 0.352 e. The molecular formula is C18H22ClN5O3. The molecule has 0 saturated carbocycles. The summed E-state index contributed by atoms with van der Waals surface area (Å²) in [5.41, 5.74) is 5.91. The number of nitrogens with zero attached hydrogens (tertiary/aromatic N) is 3. The SMILES string of the molecule is NC(=O)NCC1CCCN(C(=O)CCc2nc(-c3ccc(Cl)cc3)no2)C1. The van der Waals surface area contributed by atoms with Gasteiger partial charge in [-0.2, -0.15) is 4.98 Å². The third-order valence-corrected chi connectivity index (χ3v) is 4.81. The van der Waals surface area contributed by atoms with Crippen LogP contribution in [0.2, 0.25) is 5.02 Å². The number of carbonyl (C=O) groups excluding carboxylic acids is 2. The van der Waals surface area contributed by atoms with Crippen molar-refractivity contribution in [3.63, 3.8) is 0 Å². The van der Waals surface area contributed by atoms with Crippen LogP contribution in [0.3, 0.4) is 0 Å². The topological polar surface area (TPSA) is 114 Å². The van der Waals surface area contributed by atoms with Gasteiger partial charge in [0.15, 0.2) is 0 Å². The van der Waals surface area contributed by atoms with E-state index in [1.165, 1.54) is 0 Å². The van der Waals surface area contributed by atoms with Crippen LogP contribution in [0.15, 0.2) is 28.8 Å². The first kappa shape index (κ1) is 19.2. The first-order chi connectivity index (χ1) is 13.0. The molecule has 1 aliphatic heterocycles. The minimum absolute atomic E-state index is 0.0463. The quantitative estimate of drug-likeness (QED) is 0.783. The molecule has 144 valence electrons. The van der Waals surface area contributed by atoms with Crippen molar-refractivity contribution in [1.29, 1.82) is 0 Å². The third kappa shape index (κ3) is 5.43. The number of rotatable bonds is 6. The van der Waals surface area contributed by atoms with Gasteiger partial charge in [-0.05, 0) is 43.0 Å². The van der Waals surface area contributed by atoms with E-state index in [0.29, 0.717) is 42.7 Å². The number of nitrogens with one attached hydrogen (secondary N) is 1. The number of halogens is 1. The van der Waals surface area contributed by atoms with Crippen LogP contribution in [-0.2, 0) is 11.2 Å². The molecule has 9 heteroatoms. The van der Waals surface area contributed by atoms with Gasteiger partial charge >= 0.3 is 6.03 Å². The number of urea groups is 1. The van der Waals surface area contributed by atoms with Gasteiger partial charge < -0.3 is 20.5 Å². The van der Waals surface area contributed by atoms with Gasteiger partial charge in [0.05, 0.1) is 0 Å². The van der Waals surface area contributed by atoms with Gasteiger partial charge in [0, 0.05) is 43.1 Å². The number of hydrogen-bond donors (Lipinski definition) is 2. The summed E-state index contributed by atoms with van der Waals surface area (Å²) < 4.78 is 5.25. The highest BCUT2D eigenvalue weighted by Gasteiger charge is 2.24. The Bertz CT molecular complexity index is 793. The lowest BCUT2D eigenvalue weighted by Gasteiger charge is -2.32. The van der Waals surface area contributed by atoms with Crippen molar-refractivity contribution >= 4 is 23.5 Å². The Hall–Kier alpha value is -2.61. The molecule has 1 aliphatic rings. The van der Waals surface area contributed by atoms with E-state index in [-0.39, 0.29) is 11.8 Å². The Kier molecular flexibility index (Phi) is 6.28. The first-order valence-electron chi connectivity index (χ1n) is 8.91. The zero-order valence-corrected chi connectivity index (χ0v) is 15.6. The third-order valence-electron chi connectivity index (χ3n) is 4.56. The predicted molar refractivity (Wildman–Crippen MR) is 100.0 cm³/mol. The molecule has 0 radical (unpaired) electrons. The molecule has 2 heterocycles. The van der Waals surface area contributed by atoms with Crippen LogP contribution in [0.4, 0.5) is 4.79 Å². The van der Waals surface area contributed by atoms with E-state index in [9.17, 15) is 9.59 Å². The zero-order chi connectivity index (χ0) is 19.2. The fourth-order valence-electron chi connectivity index (χ4n) is 3.15. The maximum atomic E-state index is 12.5. The highest BCUT2D eigenvalue weighted by atomic mass is 35.5. The van der Waals surface area contributed by atoms with E-state index >= 15 is 0 Å². The van der Waals surface area contributed by atoms with Gasteiger partial charge in [-0.1, -0.05) is 16.8 Å². The monoisotopic (exact) mass is 391 g/mol. The molecule has 8 nitrogen and oxygen atoms in total. The number of nitrogens with two attached hydrogens (primary N) is 1. The molecule has 3 rings (SSSR count). The molecule has 1 unspecified atom stereocenters. The summed E-state index contributed by atoms with van der Waals surface area (Å²) in [6, 6.07) is 6.62. The number of aryl methyl sites for hydroxylation is 1. The maximum absolute atomic E-state index is 12.5. The standard InChI is InChI=1S/C18H22ClN5O3/c19-14-5-3-13(4-6-14)17-22-15(27-23-17)7-8-16(25)24-9-1-2-12(11-24)10-21-18(20)26/h3-6,12H,1-2,7-11H2,(H3,20,21,26). The van der Waals surface area contributed by atoms with Crippen LogP contribution in [0.5, 0.6) is 0 Å². The van der Waals surface area contributed by atoms with E-state index < -0.39 is 6.03 Å². The molecule has 0 bridgehead atoms. The predicted octanol–water partition coefficient (Wildman–Crippen LogP) is 2.23. The van der Waals surface area contributed by atoms with Crippen LogP contribution in [-0.4, -0.2) is 46.6 Å². The summed E-state index contributed by atoms with van der Waals surface area (Å²) in [7, 11) is 0. The zero-order valence-electron chi connectivity index (χ0n) is 14.9. The van der Waals surface area contributed by atoms with Crippen LogP contribution in [0.1, 0.15) is 25.2 Å². The second kappa shape index (κ2) is 8.85. The lowest BCUT2D eigenvalue weighted by molar-refractivity contribution is -0.133. The lowest BCUT2D eigenvalue weighted by atomic mass is 9.97. The maximum Gasteiger partial charge on any atom is 0.312 e. The highest BCUT2D eigenvalue weighted by Crippen LogP contribution is 2.20. The van der Waals surface area contributed by atoms with E-state index in [4.69, 9.17) is 21.9 Å². The van der Waals surface area contributed by atoms with Gasteiger partial charge in [0.1, 0.15) is 0 Å². The van der Waals surface area contributed by atoms with Crippen molar-refractivity contribution in [2.45, 2.75) is 25.7 Å². The van der Waals surface area contributed by atoms with E-state index in [0.717, 1.165) is 24.9 Å². The summed E-state index contributed by atoms with van der Waals surface area (Å²) in [6.45, 7) is 1.85. The van der Waals surface area contributed by atoms with Crippen LogP contribution >= 0.6 is 11.6 Å². The van der Waals surface area contributed by atoms with Gasteiger partial charge in [-0.15, -0.1) is 0 Å². The molecule has 3 amide bonds. The molecule has 1 aromatic heterocycles. The Morgan fingerprint density at radius 1 is 1.33 bits per heavy atom. The number of hydrogen-bond acceptors (Lipinski definition) is 5. The normalized spacial score (nSPS) is 16.9. The Labute approximate surface area is 162 Å². The minimum Gasteiger partial charge on any atom is -0.352 e. The van der Waals surface area contributed by atoms with Crippen molar-refractivity contribution < 1.29 is 14.1 Å². The molecule has 0 aliphatic carbocycles.